The van der Waals surface area contributed by atoms with Crippen LogP contribution in [-0.2, 0) is 6.54 Å². The lowest BCUT2D eigenvalue weighted by molar-refractivity contribution is 0.0753. The van der Waals surface area contributed by atoms with Crippen molar-refractivity contribution >= 4 is 5.91 Å². The maximum atomic E-state index is 12.0. The molecule has 0 saturated carbocycles. The fourth-order valence-electron chi connectivity index (χ4n) is 1.78. The van der Waals surface area contributed by atoms with Crippen LogP contribution >= 0.6 is 0 Å². The molecule has 0 aliphatic heterocycles. The molecule has 0 atom stereocenters. The molecule has 4 nitrogen and oxygen atoms in total. The van der Waals surface area contributed by atoms with Crippen molar-refractivity contribution in [3.05, 3.63) is 59.5 Å². The van der Waals surface area contributed by atoms with Crippen LogP contribution in [0.15, 0.2) is 47.1 Å². The van der Waals surface area contributed by atoms with Gasteiger partial charge < -0.3 is 15.1 Å². The molecule has 0 fully saturated rings. The molecule has 1 heterocycles. The SMILES string of the molecule is CN(Cc1ccc(C#CCN)cc1)C(=O)c1ccco1. The van der Waals surface area contributed by atoms with Crippen molar-refractivity contribution in [2.75, 3.05) is 13.6 Å². The zero-order valence-electron chi connectivity index (χ0n) is 11.3. The van der Waals surface area contributed by atoms with Gasteiger partial charge in [-0.3, -0.25) is 4.79 Å². The maximum Gasteiger partial charge on any atom is 0.289 e. The Morgan fingerprint density at radius 2 is 2.05 bits per heavy atom. The number of amides is 1. The zero-order valence-corrected chi connectivity index (χ0v) is 11.3. The lowest BCUT2D eigenvalue weighted by atomic mass is 10.1. The standard InChI is InChI=1S/C16H16N2O2/c1-18(16(19)15-5-3-11-20-15)12-14-8-6-13(7-9-14)4-2-10-17/h3,5-9,11H,10,12,17H2,1H3. The molecule has 0 unspecified atom stereocenters. The summed E-state index contributed by atoms with van der Waals surface area (Å²) in [5.74, 6) is 5.97. The van der Waals surface area contributed by atoms with Crippen LogP contribution in [0.3, 0.4) is 0 Å². The monoisotopic (exact) mass is 268 g/mol. The first-order valence-corrected chi connectivity index (χ1v) is 6.27. The van der Waals surface area contributed by atoms with Gasteiger partial charge in [0.25, 0.3) is 5.91 Å². The van der Waals surface area contributed by atoms with E-state index >= 15 is 0 Å². The van der Waals surface area contributed by atoms with E-state index in [4.69, 9.17) is 10.2 Å². The number of carbonyl (C=O) groups is 1. The molecule has 0 spiro atoms. The molecule has 20 heavy (non-hydrogen) atoms. The Labute approximate surface area is 118 Å². The number of nitrogens with zero attached hydrogens (tertiary/aromatic N) is 1. The minimum atomic E-state index is -0.137. The highest BCUT2D eigenvalue weighted by Crippen LogP contribution is 2.10. The molecule has 0 aliphatic rings. The molecule has 102 valence electrons. The van der Waals surface area contributed by atoms with Crippen molar-refractivity contribution in [3.8, 4) is 11.8 Å². The number of furan rings is 1. The Morgan fingerprint density at radius 1 is 1.30 bits per heavy atom. The first-order valence-electron chi connectivity index (χ1n) is 6.27. The second kappa shape index (κ2) is 6.60. The fourth-order valence-corrected chi connectivity index (χ4v) is 1.78. The maximum absolute atomic E-state index is 12.0. The lowest BCUT2D eigenvalue weighted by Gasteiger charge is -2.15. The Morgan fingerprint density at radius 3 is 2.65 bits per heavy atom. The minimum absolute atomic E-state index is 0.137. The fraction of sp³-hybridized carbons (Fsp3) is 0.188. The van der Waals surface area contributed by atoms with Crippen LogP contribution < -0.4 is 5.73 Å². The predicted molar refractivity (Wildman–Crippen MR) is 76.9 cm³/mol. The van der Waals surface area contributed by atoms with E-state index in [0.29, 0.717) is 18.8 Å². The Kier molecular flexibility index (Phi) is 4.59. The molecule has 2 aromatic rings. The molecular weight excluding hydrogens is 252 g/mol. The van der Waals surface area contributed by atoms with Crippen LogP contribution in [0, 0.1) is 11.8 Å². The van der Waals surface area contributed by atoms with E-state index in [2.05, 4.69) is 11.8 Å². The molecule has 2 N–H and O–H groups in total. The molecule has 0 aliphatic carbocycles. The van der Waals surface area contributed by atoms with Crippen molar-refractivity contribution in [1.82, 2.24) is 4.90 Å². The van der Waals surface area contributed by atoms with Crippen LogP contribution in [0.4, 0.5) is 0 Å². The van der Waals surface area contributed by atoms with Crippen molar-refractivity contribution in [2.45, 2.75) is 6.54 Å². The predicted octanol–water partition coefficient (Wildman–Crippen LogP) is 1.86. The van der Waals surface area contributed by atoms with Crippen LogP contribution in [0.2, 0.25) is 0 Å². The normalized spacial score (nSPS) is 9.70. The van der Waals surface area contributed by atoms with Crippen molar-refractivity contribution < 1.29 is 9.21 Å². The molecule has 0 saturated heterocycles. The molecule has 1 aromatic carbocycles. The smallest absolute Gasteiger partial charge is 0.289 e. The first kappa shape index (κ1) is 13.9. The number of carbonyl (C=O) groups excluding carboxylic acids is 1. The summed E-state index contributed by atoms with van der Waals surface area (Å²) >= 11 is 0. The molecular formula is C16H16N2O2. The zero-order chi connectivity index (χ0) is 14.4. The number of hydrogen-bond acceptors (Lipinski definition) is 3. The summed E-state index contributed by atoms with van der Waals surface area (Å²) in [6.07, 6.45) is 1.49. The Hall–Kier alpha value is -2.51. The summed E-state index contributed by atoms with van der Waals surface area (Å²) in [7, 11) is 1.74. The van der Waals surface area contributed by atoms with Gasteiger partial charge >= 0.3 is 0 Å². The average molecular weight is 268 g/mol. The third kappa shape index (κ3) is 3.50. The highest BCUT2D eigenvalue weighted by atomic mass is 16.3. The molecule has 1 amide bonds. The topological polar surface area (TPSA) is 59.5 Å². The summed E-state index contributed by atoms with van der Waals surface area (Å²) in [4.78, 5) is 13.6. The van der Waals surface area contributed by atoms with Gasteiger partial charge in [0.1, 0.15) is 0 Å². The quantitative estimate of drug-likeness (QED) is 0.864. The molecule has 1 aromatic heterocycles. The van der Waals surface area contributed by atoms with Gasteiger partial charge in [-0.15, -0.1) is 0 Å². The number of rotatable bonds is 3. The van der Waals surface area contributed by atoms with Gasteiger partial charge in [-0.2, -0.15) is 0 Å². The highest BCUT2D eigenvalue weighted by molar-refractivity contribution is 5.91. The van der Waals surface area contributed by atoms with E-state index in [9.17, 15) is 4.79 Å². The van der Waals surface area contributed by atoms with Gasteiger partial charge in [-0.1, -0.05) is 24.0 Å². The third-order valence-electron chi connectivity index (χ3n) is 2.79. The summed E-state index contributed by atoms with van der Waals surface area (Å²) in [6.45, 7) is 0.867. The van der Waals surface area contributed by atoms with Gasteiger partial charge in [0.2, 0.25) is 0 Å². The van der Waals surface area contributed by atoms with Gasteiger partial charge in [0.15, 0.2) is 5.76 Å². The summed E-state index contributed by atoms with van der Waals surface area (Å²) in [6, 6.07) is 11.1. The summed E-state index contributed by atoms with van der Waals surface area (Å²) in [5, 5.41) is 0. The van der Waals surface area contributed by atoms with E-state index in [1.54, 1.807) is 24.1 Å². The first-order chi connectivity index (χ1) is 9.70. The molecule has 0 bridgehead atoms. The van der Waals surface area contributed by atoms with Gasteiger partial charge in [-0.25, -0.2) is 0 Å². The van der Waals surface area contributed by atoms with E-state index in [1.165, 1.54) is 6.26 Å². The second-order valence-electron chi connectivity index (χ2n) is 4.34. The van der Waals surface area contributed by atoms with E-state index < -0.39 is 0 Å². The Bertz CT molecular complexity index is 619. The second-order valence-corrected chi connectivity index (χ2v) is 4.34. The van der Waals surface area contributed by atoms with Crippen LogP contribution in [-0.4, -0.2) is 24.4 Å². The highest BCUT2D eigenvalue weighted by Gasteiger charge is 2.14. The van der Waals surface area contributed by atoms with E-state index in [0.717, 1.165) is 11.1 Å². The van der Waals surface area contributed by atoms with E-state index in [-0.39, 0.29) is 5.91 Å². The summed E-state index contributed by atoms with van der Waals surface area (Å²) in [5.41, 5.74) is 7.27. The molecule has 0 radical (unpaired) electrons. The molecule has 4 heteroatoms. The number of benzene rings is 1. The van der Waals surface area contributed by atoms with Crippen molar-refractivity contribution in [2.24, 2.45) is 5.73 Å². The van der Waals surface area contributed by atoms with Gasteiger partial charge in [-0.05, 0) is 29.8 Å². The number of hydrogen-bond donors (Lipinski definition) is 1. The van der Waals surface area contributed by atoms with E-state index in [1.807, 2.05) is 24.3 Å². The summed E-state index contributed by atoms with van der Waals surface area (Å²) < 4.78 is 5.10. The largest absolute Gasteiger partial charge is 0.459 e. The minimum Gasteiger partial charge on any atom is -0.459 e. The average Bonchev–Trinajstić information content (AvgIpc) is 3.00. The Balaban J connectivity index is 2.01. The van der Waals surface area contributed by atoms with Gasteiger partial charge in [0.05, 0.1) is 12.8 Å². The van der Waals surface area contributed by atoms with Gasteiger partial charge in [0, 0.05) is 19.2 Å². The van der Waals surface area contributed by atoms with Crippen molar-refractivity contribution in [1.29, 1.82) is 0 Å². The number of nitrogens with two attached hydrogens (primary N) is 1. The van der Waals surface area contributed by atoms with Crippen LogP contribution in [0.25, 0.3) is 0 Å². The lowest BCUT2D eigenvalue weighted by Crippen LogP contribution is -2.25. The van der Waals surface area contributed by atoms with Crippen LogP contribution in [0.1, 0.15) is 21.7 Å². The third-order valence-corrected chi connectivity index (χ3v) is 2.79. The van der Waals surface area contributed by atoms with Crippen molar-refractivity contribution in [3.63, 3.8) is 0 Å². The molecule has 2 rings (SSSR count). The van der Waals surface area contributed by atoms with Crippen LogP contribution in [0.5, 0.6) is 0 Å².